The maximum atomic E-state index is 12.8. The van der Waals surface area contributed by atoms with Crippen molar-refractivity contribution in [1.82, 2.24) is 4.31 Å². The highest BCUT2D eigenvalue weighted by atomic mass is 35.5. The van der Waals surface area contributed by atoms with Gasteiger partial charge in [-0.1, -0.05) is 30.1 Å². The van der Waals surface area contributed by atoms with Crippen LogP contribution < -0.4 is 14.8 Å². The summed E-state index contributed by atoms with van der Waals surface area (Å²) < 4.78 is 37.6. The van der Waals surface area contributed by atoms with Crippen molar-refractivity contribution in [2.75, 3.05) is 31.6 Å². The van der Waals surface area contributed by atoms with Gasteiger partial charge in [-0.15, -0.1) is 0 Å². The monoisotopic (exact) mass is 444 g/mol. The quantitative estimate of drug-likeness (QED) is 0.737. The summed E-state index contributed by atoms with van der Waals surface area (Å²) in [7, 11) is -3.94. The number of halogens is 2. The first-order valence-corrected chi connectivity index (χ1v) is 10.6. The van der Waals surface area contributed by atoms with Crippen LogP contribution in [-0.4, -0.2) is 44.9 Å². The number of carbonyl (C=O) groups excluding carboxylic acids is 1. The molecule has 150 valence electrons. The first kappa shape index (κ1) is 20.7. The number of rotatable bonds is 6. The molecule has 3 rings (SSSR count). The van der Waals surface area contributed by atoms with Gasteiger partial charge in [0.05, 0.1) is 11.4 Å². The molecule has 0 atom stereocenters. The number of fused-ring (bicyclic) bond motifs is 1. The van der Waals surface area contributed by atoms with Gasteiger partial charge in [0.25, 0.3) is 0 Å². The lowest BCUT2D eigenvalue weighted by atomic mass is 10.2. The molecule has 1 N–H and O–H groups in total. The molecular formula is C18H18Cl2N2O5S. The zero-order valence-electron chi connectivity index (χ0n) is 14.9. The number of ether oxygens (including phenoxy) is 2. The van der Waals surface area contributed by atoms with E-state index in [4.69, 9.17) is 32.7 Å². The molecule has 28 heavy (non-hydrogen) atoms. The number of hydrogen-bond donors (Lipinski definition) is 1. The van der Waals surface area contributed by atoms with Crippen molar-refractivity contribution in [3.8, 4) is 11.5 Å². The van der Waals surface area contributed by atoms with E-state index in [0.29, 0.717) is 30.4 Å². The Bertz CT molecular complexity index is 977. The molecule has 1 heterocycles. The molecule has 0 spiro atoms. The predicted octanol–water partition coefficient (Wildman–Crippen LogP) is 3.41. The number of amides is 1. The fraction of sp³-hybridized carbons (Fsp3) is 0.278. The molecule has 0 aliphatic carbocycles. The minimum atomic E-state index is -3.94. The summed E-state index contributed by atoms with van der Waals surface area (Å²) in [5.74, 6) is 0.632. The molecule has 1 aliphatic rings. The molecule has 0 aromatic heterocycles. The lowest BCUT2D eigenvalue weighted by Gasteiger charge is -2.21. The molecule has 7 nitrogen and oxygen atoms in total. The van der Waals surface area contributed by atoms with E-state index in [9.17, 15) is 13.2 Å². The Balaban J connectivity index is 1.74. The number of hydrogen-bond acceptors (Lipinski definition) is 5. The Morgan fingerprint density at radius 2 is 1.71 bits per heavy atom. The molecule has 0 radical (unpaired) electrons. The molecule has 2 aromatic rings. The van der Waals surface area contributed by atoms with E-state index in [1.807, 2.05) is 0 Å². The first-order valence-electron chi connectivity index (χ1n) is 8.45. The maximum Gasteiger partial charge on any atom is 0.243 e. The molecule has 1 amide bonds. The van der Waals surface area contributed by atoms with Crippen LogP contribution in [0.1, 0.15) is 6.92 Å². The van der Waals surface area contributed by atoms with Crippen LogP contribution in [0.3, 0.4) is 0 Å². The van der Waals surface area contributed by atoms with Crippen molar-refractivity contribution in [3.05, 3.63) is 46.4 Å². The van der Waals surface area contributed by atoms with Gasteiger partial charge >= 0.3 is 0 Å². The van der Waals surface area contributed by atoms with Gasteiger partial charge in [-0.25, -0.2) is 8.42 Å². The molecular weight excluding hydrogens is 427 g/mol. The molecule has 0 bridgehead atoms. The highest BCUT2D eigenvalue weighted by Gasteiger charge is 2.26. The van der Waals surface area contributed by atoms with Crippen LogP contribution in [0.5, 0.6) is 11.5 Å². The number of carbonyl (C=O) groups is 1. The largest absolute Gasteiger partial charge is 0.486 e. The highest BCUT2D eigenvalue weighted by Crippen LogP contribution is 2.32. The number of benzene rings is 2. The summed E-state index contributed by atoms with van der Waals surface area (Å²) in [6, 6.07) is 9.01. The molecule has 0 fully saturated rings. The minimum Gasteiger partial charge on any atom is -0.486 e. The molecule has 1 aliphatic heterocycles. The summed E-state index contributed by atoms with van der Waals surface area (Å²) in [5.41, 5.74) is 0.480. The Kier molecular flexibility index (Phi) is 6.34. The molecule has 0 saturated carbocycles. The van der Waals surface area contributed by atoms with Crippen LogP contribution in [0.2, 0.25) is 10.0 Å². The summed E-state index contributed by atoms with van der Waals surface area (Å²) in [4.78, 5) is 12.3. The third-order valence-electron chi connectivity index (χ3n) is 3.97. The molecule has 10 heteroatoms. The number of likely N-dealkylation sites (N-methyl/N-ethyl adjacent to an activating group) is 1. The van der Waals surface area contributed by atoms with Crippen LogP contribution in [0.4, 0.5) is 5.69 Å². The zero-order chi connectivity index (χ0) is 20.3. The number of sulfonamides is 1. The summed E-state index contributed by atoms with van der Waals surface area (Å²) in [6.07, 6.45) is 0. The maximum absolute atomic E-state index is 12.8. The molecule has 2 aromatic carbocycles. The third kappa shape index (κ3) is 4.70. The smallest absolute Gasteiger partial charge is 0.243 e. The van der Waals surface area contributed by atoms with E-state index >= 15 is 0 Å². The second-order valence-electron chi connectivity index (χ2n) is 5.94. The van der Waals surface area contributed by atoms with E-state index in [2.05, 4.69) is 5.32 Å². The number of anilines is 1. The lowest BCUT2D eigenvalue weighted by Crippen LogP contribution is -2.37. The fourth-order valence-electron chi connectivity index (χ4n) is 2.68. The van der Waals surface area contributed by atoms with Crippen LogP contribution in [0.25, 0.3) is 0 Å². The van der Waals surface area contributed by atoms with Crippen molar-refractivity contribution in [3.63, 3.8) is 0 Å². The topological polar surface area (TPSA) is 84.9 Å². The van der Waals surface area contributed by atoms with Crippen LogP contribution in [-0.2, 0) is 14.8 Å². The van der Waals surface area contributed by atoms with E-state index < -0.39 is 15.9 Å². The Morgan fingerprint density at radius 3 is 2.36 bits per heavy atom. The van der Waals surface area contributed by atoms with Gasteiger partial charge in [-0.05, 0) is 30.3 Å². The van der Waals surface area contributed by atoms with Gasteiger partial charge in [0.2, 0.25) is 15.9 Å². The average Bonchev–Trinajstić information content (AvgIpc) is 2.65. The Labute approximate surface area is 173 Å². The minimum absolute atomic E-state index is 0.0704. The number of nitrogens with zero attached hydrogens (tertiary/aromatic N) is 1. The van der Waals surface area contributed by atoms with Crippen LogP contribution in [0.15, 0.2) is 41.3 Å². The first-order chi connectivity index (χ1) is 13.3. The van der Waals surface area contributed by atoms with Crippen molar-refractivity contribution < 1.29 is 22.7 Å². The normalized spacial score (nSPS) is 13.4. The Hall–Kier alpha value is -2.00. The van der Waals surface area contributed by atoms with Crippen LogP contribution >= 0.6 is 23.2 Å². The summed E-state index contributed by atoms with van der Waals surface area (Å²) >= 11 is 11.8. The van der Waals surface area contributed by atoms with E-state index in [0.717, 1.165) is 4.31 Å². The average molecular weight is 445 g/mol. The number of nitrogens with one attached hydrogen (secondary N) is 1. The fourth-order valence-corrected chi connectivity index (χ4v) is 4.81. The van der Waals surface area contributed by atoms with Crippen molar-refractivity contribution in [2.24, 2.45) is 0 Å². The molecule has 0 unspecified atom stereocenters. The van der Waals surface area contributed by atoms with Crippen molar-refractivity contribution in [2.45, 2.75) is 11.8 Å². The summed E-state index contributed by atoms with van der Waals surface area (Å²) in [5, 5.41) is 3.06. The van der Waals surface area contributed by atoms with Gasteiger partial charge < -0.3 is 14.8 Å². The van der Waals surface area contributed by atoms with Crippen molar-refractivity contribution in [1.29, 1.82) is 0 Å². The van der Waals surface area contributed by atoms with Crippen LogP contribution in [0, 0.1) is 0 Å². The highest BCUT2D eigenvalue weighted by molar-refractivity contribution is 7.89. The zero-order valence-corrected chi connectivity index (χ0v) is 17.3. The molecule has 0 saturated heterocycles. The van der Waals surface area contributed by atoms with Gasteiger partial charge in [0.15, 0.2) is 11.5 Å². The van der Waals surface area contributed by atoms with E-state index in [1.165, 1.54) is 18.2 Å². The second-order valence-corrected chi connectivity index (χ2v) is 8.75. The Morgan fingerprint density at radius 1 is 1.07 bits per heavy atom. The van der Waals surface area contributed by atoms with E-state index in [1.54, 1.807) is 25.1 Å². The third-order valence-corrected chi connectivity index (χ3v) is 6.31. The van der Waals surface area contributed by atoms with E-state index in [-0.39, 0.29) is 28.0 Å². The standard InChI is InChI=1S/C18H18Cl2N2O5S/c1-2-22(28(24,25)15-8-12(19)7-13(20)9-15)11-18(23)21-14-3-4-16-17(10-14)27-6-5-26-16/h3-4,7-10H,2,5-6,11H2,1H3,(H,21,23). The lowest BCUT2D eigenvalue weighted by molar-refractivity contribution is -0.116. The van der Waals surface area contributed by atoms with Gasteiger partial charge in [-0.3, -0.25) is 4.79 Å². The van der Waals surface area contributed by atoms with Gasteiger partial charge in [0, 0.05) is 28.3 Å². The summed E-state index contributed by atoms with van der Waals surface area (Å²) in [6.45, 7) is 2.27. The second kappa shape index (κ2) is 8.57. The van der Waals surface area contributed by atoms with Gasteiger partial charge in [0.1, 0.15) is 13.2 Å². The van der Waals surface area contributed by atoms with Gasteiger partial charge in [-0.2, -0.15) is 4.31 Å². The SMILES string of the molecule is CCN(CC(=O)Nc1ccc2c(c1)OCCO2)S(=O)(=O)c1cc(Cl)cc(Cl)c1. The predicted molar refractivity (Wildman–Crippen MR) is 107 cm³/mol. The van der Waals surface area contributed by atoms with Crippen molar-refractivity contribution >= 4 is 44.8 Å².